The monoisotopic (exact) mass is 262 g/mol. The van der Waals surface area contributed by atoms with E-state index in [1.807, 2.05) is 0 Å². The Morgan fingerprint density at radius 1 is 1.47 bits per heavy atom. The zero-order valence-electron chi connectivity index (χ0n) is 10.4. The van der Waals surface area contributed by atoms with E-state index in [0.717, 1.165) is 0 Å². The molecule has 4 N–H and O–H groups in total. The number of carbonyl (C=O) groups excluding carboxylic acids is 2. The number of nitrogens with one attached hydrogen (secondary N) is 2. The molecule has 1 heterocycles. The maximum absolute atomic E-state index is 11.9. The summed E-state index contributed by atoms with van der Waals surface area (Å²) in [7, 11) is 1.50. The summed E-state index contributed by atoms with van der Waals surface area (Å²) in [5.41, 5.74) is 9.28. The molecule has 0 radical (unpaired) electrons. The predicted octanol–water partition coefficient (Wildman–Crippen LogP) is 0.482. The molecule has 1 aliphatic heterocycles. The Bertz CT molecular complexity index is 554. The van der Waals surface area contributed by atoms with Gasteiger partial charge in [-0.1, -0.05) is 0 Å². The minimum Gasteiger partial charge on any atom is -0.495 e. The highest BCUT2D eigenvalue weighted by Crippen LogP contribution is 2.25. The van der Waals surface area contributed by atoms with Crippen molar-refractivity contribution in [2.24, 2.45) is 5.10 Å². The van der Waals surface area contributed by atoms with E-state index in [2.05, 4.69) is 15.8 Å². The van der Waals surface area contributed by atoms with Gasteiger partial charge >= 0.3 is 0 Å². The molecule has 0 bridgehead atoms. The molecule has 0 saturated carbocycles. The van der Waals surface area contributed by atoms with Crippen LogP contribution in [0.3, 0.4) is 0 Å². The molecule has 0 aliphatic carbocycles. The maximum Gasteiger partial charge on any atom is 0.271 e. The molecule has 7 nitrogen and oxygen atoms in total. The number of benzene rings is 1. The van der Waals surface area contributed by atoms with E-state index in [9.17, 15) is 9.59 Å². The molecule has 7 heteroatoms. The average Bonchev–Trinajstić information content (AvgIpc) is 2.41. The number of ether oxygens (including phenoxy) is 1. The van der Waals surface area contributed by atoms with E-state index in [4.69, 9.17) is 10.5 Å². The van der Waals surface area contributed by atoms with Crippen LogP contribution in [0.5, 0.6) is 5.75 Å². The highest BCUT2D eigenvalue weighted by molar-refractivity contribution is 6.43. The van der Waals surface area contributed by atoms with Gasteiger partial charge in [-0.2, -0.15) is 5.10 Å². The summed E-state index contributed by atoms with van der Waals surface area (Å²) in [5, 5.41) is 6.39. The van der Waals surface area contributed by atoms with E-state index in [-0.39, 0.29) is 23.9 Å². The number of carbonyl (C=O) groups is 2. The van der Waals surface area contributed by atoms with Crippen LogP contribution in [0.15, 0.2) is 23.3 Å². The van der Waals surface area contributed by atoms with Crippen molar-refractivity contribution in [2.75, 3.05) is 18.2 Å². The molecule has 1 aromatic rings. The van der Waals surface area contributed by atoms with Gasteiger partial charge in [-0.15, -0.1) is 0 Å². The molecule has 19 heavy (non-hydrogen) atoms. The lowest BCUT2D eigenvalue weighted by atomic mass is 10.1. The first-order valence-electron chi connectivity index (χ1n) is 5.70. The molecule has 1 aliphatic rings. The number of nitrogen functional groups attached to an aromatic ring is 1. The molecule has 2 rings (SSSR count). The third-order valence-corrected chi connectivity index (χ3v) is 2.66. The summed E-state index contributed by atoms with van der Waals surface area (Å²) in [6.45, 7) is 0. The molecule has 0 fully saturated rings. The molecule has 1 aromatic carbocycles. The highest BCUT2D eigenvalue weighted by Gasteiger charge is 2.18. The van der Waals surface area contributed by atoms with Gasteiger partial charge in [-0.05, 0) is 12.1 Å². The topological polar surface area (TPSA) is 106 Å². The fourth-order valence-electron chi connectivity index (χ4n) is 1.63. The quantitative estimate of drug-likeness (QED) is 0.689. The van der Waals surface area contributed by atoms with Crippen LogP contribution in [0.25, 0.3) is 0 Å². The molecular formula is C12H14N4O3. The molecule has 0 saturated heterocycles. The van der Waals surface area contributed by atoms with Crippen LogP contribution in [0.2, 0.25) is 0 Å². The van der Waals surface area contributed by atoms with Gasteiger partial charge in [0.1, 0.15) is 11.5 Å². The first-order valence-corrected chi connectivity index (χ1v) is 5.70. The largest absolute Gasteiger partial charge is 0.495 e. The Morgan fingerprint density at radius 3 is 2.89 bits per heavy atom. The predicted molar refractivity (Wildman–Crippen MR) is 70.8 cm³/mol. The highest BCUT2D eigenvalue weighted by atomic mass is 16.5. The lowest BCUT2D eigenvalue weighted by Gasteiger charge is -2.13. The van der Waals surface area contributed by atoms with Crippen molar-refractivity contribution in [3.63, 3.8) is 0 Å². The molecule has 0 unspecified atom stereocenters. The summed E-state index contributed by atoms with van der Waals surface area (Å²) in [4.78, 5) is 22.8. The lowest BCUT2D eigenvalue weighted by molar-refractivity contribution is -0.121. The van der Waals surface area contributed by atoms with Gasteiger partial charge in [0.05, 0.1) is 12.8 Å². The van der Waals surface area contributed by atoms with Crippen LogP contribution < -0.4 is 21.2 Å². The van der Waals surface area contributed by atoms with Crippen molar-refractivity contribution in [3.8, 4) is 5.75 Å². The average molecular weight is 262 g/mol. The van der Waals surface area contributed by atoms with Gasteiger partial charge in [0.25, 0.3) is 5.91 Å². The van der Waals surface area contributed by atoms with E-state index >= 15 is 0 Å². The summed E-state index contributed by atoms with van der Waals surface area (Å²) in [6.07, 6.45) is 0.584. The van der Waals surface area contributed by atoms with E-state index < -0.39 is 0 Å². The van der Waals surface area contributed by atoms with Crippen molar-refractivity contribution >= 4 is 28.9 Å². The smallest absolute Gasteiger partial charge is 0.271 e. The van der Waals surface area contributed by atoms with Crippen molar-refractivity contribution in [1.82, 2.24) is 5.43 Å². The Balaban J connectivity index is 2.09. The third kappa shape index (κ3) is 3.01. The summed E-state index contributed by atoms with van der Waals surface area (Å²) < 4.78 is 5.06. The fraction of sp³-hybridized carbons (Fsp3) is 0.250. The van der Waals surface area contributed by atoms with Gasteiger partial charge in [0.2, 0.25) is 5.91 Å². The van der Waals surface area contributed by atoms with Crippen LogP contribution in [0.1, 0.15) is 12.8 Å². The van der Waals surface area contributed by atoms with Crippen molar-refractivity contribution in [1.29, 1.82) is 0 Å². The van der Waals surface area contributed by atoms with Crippen molar-refractivity contribution in [3.05, 3.63) is 18.2 Å². The zero-order valence-corrected chi connectivity index (χ0v) is 10.4. The number of hydrogen-bond donors (Lipinski definition) is 3. The number of anilines is 2. The summed E-state index contributed by atoms with van der Waals surface area (Å²) >= 11 is 0. The molecule has 0 aromatic heterocycles. The SMILES string of the molecule is COc1cc(NC(=O)C2=NNC(=O)CC2)ccc1N. The van der Waals surface area contributed by atoms with Gasteiger partial charge in [-0.25, -0.2) is 5.43 Å². The summed E-state index contributed by atoms with van der Waals surface area (Å²) in [6, 6.07) is 4.92. The maximum atomic E-state index is 11.9. The Labute approximate surface area is 109 Å². The van der Waals surface area contributed by atoms with Gasteiger partial charge in [0.15, 0.2) is 0 Å². The number of methoxy groups -OCH3 is 1. The number of rotatable bonds is 3. The lowest BCUT2D eigenvalue weighted by Crippen LogP contribution is -2.32. The Morgan fingerprint density at radius 2 is 2.26 bits per heavy atom. The van der Waals surface area contributed by atoms with Crippen molar-refractivity contribution < 1.29 is 14.3 Å². The molecule has 0 atom stereocenters. The van der Waals surface area contributed by atoms with E-state index in [1.165, 1.54) is 7.11 Å². The standard InChI is InChI=1S/C12H14N4O3/c1-19-10-6-7(2-3-8(10)13)14-12(18)9-4-5-11(17)16-15-9/h2-3,6H,4-5,13H2,1H3,(H,14,18)(H,16,17). The molecule has 2 amide bonds. The second-order valence-electron chi connectivity index (χ2n) is 4.00. The minimum atomic E-state index is -0.355. The molecule has 100 valence electrons. The van der Waals surface area contributed by atoms with Gasteiger partial charge in [-0.3, -0.25) is 9.59 Å². The van der Waals surface area contributed by atoms with E-state index in [1.54, 1.807) is 18.2 Å². The second kappa shape index (κ2) is 5.38. The van der Waals surface area contributed by atoms with Crippen molar-refractivity contribution in [2.45, 2.75) is 12.8 Å². The van der Waals surface area contributed by atoms with Gasteiger partial charge in [0, 0.05) is 24.6 Å². The van der Waals surface area contributed by atoms with Crippen LogP contribution >= 0.6 is 0 Å². The van der Waals surface area contributed by atoms with E-state index in [0.29, 0.717) is 23.5 Å². The van der Waals surface area contributed by atoms with Crippen LogP contribution in [-0.2, 0) is 9.59 Å². The van der Waals surface area contributed by atoms with Gasteiger partial charge < -0.3 is 15.8 Å². The molecule has 0 spiro atoms. The van der Waals surface area contributed by atoms with Crippen LogP contribution in [0.4, 0.5) is 11.4 Å². The molecular weight excluding hydrogens is 248 g/mol. The normalized spacial score (nSPS) is 14.4. The number of hydrogen-bond acceptors (Lipinski definition) is 5. The fourth-order valence-corrected chi connectivity index (χ4v) is 1.63. The number of amides is 2. The number of nitrogens with zero attached hydrogens (tertiary/aromatic N) is 1. The number of hydrazone groups is 1. The Hall–Kier alpha value is -2.57. The third-order valence-electron chi connectivity index (χ3n) is 2.66. The van der Waals surface area contributed by atoms with Crippen LogP contribution in [0, 0.1) is 0 Å². The number of nitrogens with two attached hydrogens (primary N) is 1. The Kier molecular flexibility index (Phi) is 3.65. The second-order valence-corrected chi connectivity index (χ2v) is 4.00. The zero-order chi connectivity index (χ0) is 13.8. The minimum absolute atomic E-state index is 0.189. The first-order chi connectivity index (χ1) is 9.10. The van der Waals surface area contributed by atoms with Crippen LogP contribution in [-0.4, -0.2) is 24.6 Å². The first kappa shape index (κ1) is 12.9. The summed E-state index contributed by atoms with van der Waals surface area (Å²) in [5.74, 6) is -0.0609.